The van der Waals surface area contributed by atoms with Crippen molar-refractivity contribution >= 4 is 11.3 Å². The number of hydrogen-bond donors (Lipinski definition) is 0. The molecule has 0 aromatic carbocycles. The quantitative estimate of drug-likeness (QED) is 0.737. The van der Waals surface area contributed by atoms with Crippen LogP contribution in [0.4, 0.5) is 13.2 Å². The molecule has 0 saturated heterocycles. The molecule has 14 heavy (non-hydrogen) atoms. The minimum Gasteiger partial charge on any atom is -0.281 e. The van der Waals surface area contributed by atoms with Gasteiger partial charge in [0.25, 0.3) is 0 Å². The maximum absolute atomic E-state index is 12.2. The summed E-state index contributed by atoms with van der Waals surface area (Å²) in [6.45, 7) is 0. The molecule has 2 aromatic rings. The highest BCUT2D eigenvalue weighted by Gasteiger charge is 2.33. The first-order chi connectivity index (χ1) is 6.57. The van der Waals surface area contributed by atoms with Gasteiger partial charge in [0.15, 0.2) is 10.8 Å². The van der Waals surface area contributed by atoms with Gasteiger partial charge in [-0.25, -0.2) is 9.97 Å². The van der Waals surface area contributed by atoms with Gasteiger partial charge in [0.1, 0.15) is 6.33 Å². The molecule has 3 nitrogen and oxygen atoms in total. The Labute approximate surface area is 80.8 Å². The SMILES string of the molecule is FC(F)(F)c1cn(-c2nccs2)cn1. The lowest BCUT2D eigenvalue weighted by Crippen LogP contribution is -2.04. The van der Waals surface area contributed by atoms with Crippen molar-refractivity contribution in [1.29, 1.82) is 0 Å². The van der Waals surface area contributed by atoms with Gasteiger partial charge < -0.3 is 0 Å². The zero-order valence-corrected chi connectivity index (χ0v) is 7.51. The van der Waals surface area contributed by atoms with Crippen molar-refractivity contribution in [3.63, 3.8) is 0 Å². The lowest BCUT2D eigenvalue weighted by atomic mass is 10.5. The minimum absolute atomic E-state index is 0.466. The number of rotatable bonds is 1. The zero-order valence-electron chi connectivity index (χ0n) is 6.69. The van der Waals surface area contributed by atoms with Crippen molar-refractivity contribution in [2.45, 2.75) is 6.18 Å². The van der Waals surface area contributed by atoms with Crippen LogP contribution in [-0.4, -0.2) is 14.5 Å². The van der Waals surface area contributed by atoms with Crippen LogP contribution >= 0.6 is 11.3 Å². The van der Waals surface area contributed by atoms with Gasteiger partial charge in [0.05, 0.1) is 0 Å². The molecule has 0 aliphatic rings. The van der Waals surface area contributed by atoms with E-state index in [0.717, 1.165) is 12.5 Å². The Kier molecular flexibility index (Phi) is 2.03. The van der Waals surface area contributed by atoms with E-state index in [1.807, 2.05) is 0 Å². The number of hydrogen-bond acceptors (Lipinski definition) is 3. The van der Waals surface area contributed by atoms with Crippen molar-refractivity contribution in [1.82, 2.24) is 14.5 Å². The summed E-state index contributed by atoms with van der Waals surface area (Å²) in [4.78, 5) is 7.10. The Morgan fingerprint density at radius 1 is 1.29 bits per heavy atom. The van der Waals surface area contributed by atoms with Crippen molar-refractivity contribution in [2.24, 2.45) is 0 Å². The summed E-state index contributed by atoms with van der Waals surface area (Å²) in [7, 11) is 0. The van der Waals surface area contributed by atoms with Gasteiger partial charge in [0.2, 0.25) is 0 Å². The smallest absolute Gasteiger partial charge is 0.281 e. The minimum atomic E-state index is -4.40. The van der Waals surface area contributed by atoms with Crippen LogP contribution < -0.4 is 0 Å². The molecule has 0 aliphatic carbocycles. The molecule has 0 fully saturated rings. The molecule has 0 saturated carbocycles. The summed E-state index contributed by atoms with van der Waals surface area (Å²) in [6, 6.07) is 0. The molecule has 0 amide bonds. The molecule has 7 heteroatoms. The standard InChI is InChI=1S/C7H4F3N3S/c8-7(9,10)5-3-13(4-12-5)6-11-1-2-14-6/h1-4H. The first-order valence-corrected chi connectivity index (χ1v) is 4.46. The van der Waals surface area contributed by atoms with E-state index in [1.54, 1.807) is 5.38 Å². The van der Waals surface area contributed by atoms with Crippen molar-refractivity contribution in [3.05, 3.63) is 29.8 Å². The van der Waals surface area contributed by atoms with Crippen LogP contribution in [0.2, 0.25) is 0 Å². The van der Waals surface area contributed by atoms with E-state index in [0.29, 0.717) is 5.13 Å². The molecular weight excluding hydrogens is 215 g/mol. The van der Waals surface area contributed by atoms with Crippen molar-refractivity contribution < 1.29 is 13.2 Å². The van der Waals surface area contributed by atoms with Crippen molar-refractivity contribution in [3.8, 4) is 5.13 Å². The van der Waals surface area contributed by atoms with Gasteiger partial charge in [-0.05, 0) is 0 Å². The van der Waals surface area contributed by atoms with Gasteiger partial charge in [-0.15, -0.1) is 11.3 Å². The topological polar surface area (TPSA) is 30.7 Å². The normalized spacial score (nSPS) is 11.9. The second-order valence-corrected chi connectivity index (χ2v) is 3.35. The number of thiazole rings is 1. The molecule has 0 atom stereocenters. The summed E-state index contributed by atoms with van der Waals surface area (Å²) >= 11 is 1.24. The van der Waals surface area contributed by atoms with E-state index in [1.165, 1.54) is 22.1 Å². The van der Waals surface area contributed by atoms with Crippen LogP contribution in [0.3, 0.4) is 0 Å². The molecule has 2 heterocycles. The molecular formula is C7H4F3N3S. The van der Waals surface area contributed by atoms with Crippen LogP contribution in [0.1, 0.15) is 5.69 Å². The highest BCUT2D eigenvalue weighted by atomic mass is 32.1. The summed E-state index contributed by atoms with van der Waals surface area (Å²) in [5.41, 5.74) is -0.910. The van der Waals surface area contributed by atoms with Gasteiger partial charge >= 0.3 is 6.18 Å². The third kappa shape index (κ3) is 1.63. The zero-order chi connectivity index (χ0) is 10.2. The maximum atomic E-state index is 12.2. The highest BCUT2D eigenvalue weighted by Crippen LogP contribution is 2.28. The molecule has 0 spiro atoms. The Bertz CT molecular complexity index is 418. The van der Waals surface area contributed by atoms with E-state index in [4.69, 9.17) is 0 Å². The van der Waals surface area contributed by atoms with E-state index in [-0.39, 0.29) is 0 Å². The van der Waals surface area contributed by atoms with E-state index in [9.17, 15) is 13.2 Å². The molecule has 74 valence electrons. The first kappa shape index (κ1) is 9.20. The third-order valence-corrected chi connectivity index (χ3v) is 2.30. The molecule has 0 N–H and O–H groups in total. The number of alkyl halides is 3. The predicted octanol–water partition coefficient (Wildman–Crippen LogP) is 2.35. The van der Waals surface area contributed by atoms with Gasteiger partial charge in [-0.2, -0.15) is 13.2 Å². The van der Waals surface area contributed by atoms with E-state index >= 15 is 0 Å². The molecule has 0 unspecified atom stereocenters. The fourth-order valence-corrected chi connectivity index (χ4v) is 1.50. The fourth-order valence-electron chi connectivity index (χ4n) is 0.917. The monoisotopic (exact) mass is 219 g/mol. The Hall–Kier alpha value is -1.37. The highest BCUT2D eigenvalue weighted by molar-refractivity contribution is 7.12. The number of imidazole rings is 1. The predicted molar refractivity (Wildman–Crippen MR) is 44.2 cm³/mol. The number of halogens is 3. The Morgan fingerprint density at radius 3 is 2.57 bits per heavy atom. The average Bonchev–Trinajstić information content (AvgIpc) is 2.73. The van der Waals surface area contributed by atoms with Crippen LogP contribution in [0.5, 0.6) is 0 Å². The summed E-state index contributed by atoms with van der Waals surface area (Å²) in [5.74, 6) is 0. The fraction of sp³-hybridized carbons (Fsp3) is 0.143. The summed E-state index contributed by atoms with van der Waals surface area (Å²) < 4.78 is 37.7. The summed E-state index contributed by atoms with van der Waals surface area (Å²) in [6.07, 6.45) is -0.865. The second-order valence-electron chi connectivity index (χ2n) is 2.48. The van der Waals surface area contributed by atoms with Crippen LogP contribution in [0.25, 0.3) is 5.13 Å². The Morgan fingerprint density at radius 2 is 2.07 bits per heavy atom. The van der Waals surface area contributed by atoms with Crippen LogP contribution in [-0.2, 0) is 6.18 Å². The first-order valence-electron chi connectivity index (χ1n) is 3.58. The second kappa shape index (κ2) is 3.09. The maximum Gasteiger partial charge on any atom is 0.434 e. The van der Waals surface area contributed by atoms with E-state index < -0.39 is 11.9 Å². The van der Waals surface area contributed by atoms with Gasteiger partial charge in [-0.1, -0.05) is 0 Å². The third-order valence-electron chi connectivity index (χ3n) is 1.51. The van der Waals surface area contributed by atoms with Gasteiger partial charge in [0, 0.05) is 17.8 Å². The molecule has 0 radical (unpaired) electrons. The lowest BCUT2D eigenvalue weighted by Gasteiger charge is -1.99. The average molecular weight is 219 g/mol. The Balaban J connectivity index is 2.36. The van der Waals surface area contributed by atoms with Gasteiger partial charge in [-0.3, -0.25) is 4.57 Å². The number of nitrogens with zero attached hydrogens (tertiary/aromatic N) is 3. The summed E-state index contributed by atoms with van der Waals surface area (Å²) in [5, 5.41) is 2.15. The van der Waals surface area contributed by atoms with Crippen LogP contribution in [0, 0.1) is 0 Å². The van der Waals surface area contributed by atoms with Crippen molar-refractivity contribution in [2.75, 3.05) is 0 Å². The molecule has 2 aromatic heterocycles. The lowest BCUT2D eigenvalue weighted by molar-refractivity contribution is -0.140. The molecule has 0 aliphatic heterocycles. The number of aromatic nitrogens is 3. The van der Waals surface area contributed by atoms with Crippen LogP contribution in [0.15, 0.2) is 24.1 Å². The largest absolute Gasteiger partial charge is 0.434 e. The molecule has 2 rings (SSSR count). The molecule has 0 bridgehead atoms. The van der Waals surface area contributed by atoms with E-state index in [2.05, 4.69) is 9.97 Å².